The van der Waals surface area contributed by atoms with Gasteiger partial charge in [-0.15, -0.1) is 0 Å². The quantitative estimate of drug-likeness (QED) is 0.449. The molecule has 0 N–H and O–H groups in total. The molecule has 0 bridgehead atoms. The Hall–Kier alpha value is 0.190. The zero-order valence-electron chi connectivity index (χ0n) is 7.31. The number of ketones is 1. The van der Waals surface area contributed by atoms with Crippen LogP contribution in [0.25, 0.3) is 0 Å². The molecule has 0 saturated heterocycles. The van der Waals surface area contributed by atoms with Crippen LogP contribution in [0.2, 0.25) is 5.02 Å². The van der Waals surface area contributed by atoms with Gasteiger partial charge in [0.1, 0.15) is 5.75 Å². The molecule has 76 valence electrons. The molecule has 0 spiro atoms. The molecule has 0 fully saturated rings. The summed E-state index contributed by atoms with van der Waals surface area (Å²) in [5, 5.41) is 0.662. The topological polar surface area (TPSA) is 26.3 Å². The first-order valence-electron chi connectivity index (χ1n) is 3.73. The highest BCUT2D eigenvalue weighted by Crippen LogP contribution is 2.32. The van der Waals surface area contributed by atoms with E-state index < -0.39 is 0 Å². The molecule has 14 heavy (non-hydrogen) atoms. The van der Waals surface area contributed by atoms with E-state index in [4.69, 9.17) is 16.3 Å². The molecule has 0 saturated carbocycles. The number of benzene rings is 1. The average molecular weight is 389 g/mol. The zero-order chi connectivity index (χ0) is 10.7. The van der Waals surface area contributed by atoms with Gasteiger partial charge in [-0.1, -0.05) is 27.5 Å². The van der Waals surface area contributed by atoms with Crippen LogP contribution in [0.15, 0.2) is 12.1 Å². The van der Waals surface area contributed by atoms with Crippen LogP contribution >= 0.6 is 50.1 Å². The second-order valence-electron chi connectivity index (χ2n) is 2.49. The molecule has 1 aromatic carbocycles. The lowest BCUT2D eigenvalue weighted by molar-refractivity contribution is 0.102. The fraction of sp³-hybridized carbons (Fsp3) is 0.222. The van der Waals surface area contributed by atoms with Gasteiger partial charge in [0.05, 0.1) is 26.6 Å². The van der Waals surface area contributed by atoms with Crippen molar-refractivity contribution in [3.05, 3.63) is 26.3 Å². The summed E-state index contributed by atoms with van der Waals surface area (Å²) in [6.07, 6.45) is 0. The van der Waals surface area contributed by atoms with E-state index in [2.05, 4.69) is 38.5 Å². The summed E-state index contributed by atoms with van der Waals surface area (Å²) in [6.45, 7) is 0. The minimum atomic E-state index is -0.0784. The molecule has 5 heteroatoms. The molecule has 0 unspecified atom stereocenters. The fourth-order valence-electron chi connectivity index (χ4n) is 1.06. The number of halogens is 3. The molecule has 0 atom stereocenters. The van der Waals surface area contributed by atoms with Gasteiger partial charge in [-0.3, -0.25) is 4.79 Å². The van der Waals surface area contributed by atoms with Gasteiger partial charge in [0.2, 0.25) is 0 Å². The van der Waals surface area contributed by atoms with Gasteiger partial charge < -0.3 is 4.74 Å². The summed E-state index contributed by atoms with van der Waals surface area (Å²) in [5.41, 5.74) is 0.443. The highest BCUT2D eigenvalue weighted by atomic mass is 127. The molecule has 0 radical (unpaired) electrons. The highest BCUT2D eigenvalue weighted by Gasteiger charge is 2.17. The van der Waals surface area contributed by atoms with Crippen LogP contribution in [-0.2, 0) is 0 Å². The van der Waals surface area contributed by atoms with Gasteiger partial charge in [-0.05, 0) is 34.7 Å². The van der Waals surface area contributed by atoms with E-state index >= 15 is 0 Å². The van der Waals surface area contributed by atoms with Crippen molar-refractivity contribution in [2.75, 3.05) is 12.4 Å². The van der Waals surface area contributed by atoms with E-state index in [-0.39, 0.29) is 11.1 Å². The lowest BCUT2D eigenvalue weighted by Crippen LogP contribution is -2.05. The lowest BCUT2D eigenvalue weighted by atomic mass is 10.1. The van der Waals surface area contributed by atoms with Gasteiger partial charge in [-0.2, -0.15) is 0 Å². The van der Waals surface area contributed by atoms with E-state index in [0.717, 1.165) is 3.57 Å². The molecule has 0 heterocycles. The molecule has 0 aromatic heterocycles. The largest absolute Gasteiger partial charge is 0.495 e. The first kappa shape index (κ1) is 12.3. The third-order valence-corrected chi connectivity index (χ3v) is 3.34. The zero-order valence-corrected chi connectivity index (χ0v) is 11.8. The van der Waals surface area contributed by atoms with Gasteiger partial charge >= 0.3 is 0 Å². The molecule has 0 amide bonds. The number of alkyl halides is 1. The van der Waals surface area contributed by atoms with Crippen molar-refractivity contribution in [3.63, 3.8) is 0 Å². The van der Waals surface area contributed by atoms with Crippen molar-refractivity contribution in [2.45, 2.75) is 0 Å². The minimum Gasteiger partial charge on any atom is -0.495 e. The van der Waals surface area contributed by atoms with Crippen molar-refractivity contribution in [3.8, 4) is 5.75 Å². The number of carbonyl (C=O) groups is 1. The Balaban J connectivity index is 3.37. The summed E-state index contributed by atoms with van der Waals surface area (Å²) in [6, 6.07) is 3.51. The summed E-state index contributed by atoms with van der Waals surface area (Å²) in [7, 11) is 1.53. The molecule has 2 nitrogen and oxygen atoms in total. The number of ether oxygens (including phenoxy) is 1. The van der Waals surface area contributed by atoms with Gasteiger partial charge in [-0.25, -0.2) is 0 Å². The Labute approximate surface area is 109 Å². The summed E-state index contributed by atoms with van der Waals surface area (Å²) in [4.78, 5) is 11.6. The van der Waals surface area contributed by atoms with Crippen LogP contribution in [0, 0.1) is 3.57 Å². The van der Waals surface area contributed by atoms with Gasteiger partial charge in [0.15, 0.2) is 5.78 Å². The Bertz CT molecular complexity index is 368. The number of carbonyl (C=O) groups excluding carboxylic acids is 1. The molecule has 0 aliphatic heterocycles. The Morgan fingerprint density at radius 2 is 2.29 bits per heavy atom. The number of hydrogen-bond acceptors (Lipinski definition) is 2. The Kier molecular flexibility index (Phi) is 4.66. The first-order valence-corrected chi connectivity index (χ1v) is 6.30. The molecular weight excluding hydrogens is 382 g/mol. The van der Waals surface area contributed by atoms with Crippen LogP contribution in [0.3, 0.4) is 0 Å². The van der Waals surface area contributed by atoms with E-state index in [1.807, 2.05) is 6.07 Å². The standard InChI is InChI=1S/C9H7BrClIO2/c1-14-9-6(12)3-2-5(11)8(9)7(13)4-10/h2-3H,4H2,1H3. The van der Waals surface area contributed by atoms with Crippen molar-refractivity contribution in [2.24, 2.45) is 0 Å². The molecular formula is C9H7BrClIO2. The van der Waals surface area contributed by atoms with Gasteiger partial charge in [0, 0.05) is 0 Å². The molecule has 0 aliphatic rings. The second-order valence-corrected chi connectivity index (χ2v) is 4.62. The molecule has 0 aliphatic carbocycles. The van der Waals surface area contributed by atoms with Crippen LogP contribution in [0.5, 0.6) is 5.75 Å². The fourth-order valence-corrected chi connectivity index (χ4v) is 2.26. The third kappa shape index (κ3) is 2.41. The van der Waals surface area contributed by atoms with E-state index in [0.29, 0.717) is 16.3 Å². The maximum Gasteiger partial charge on any atom is 0.178 e. The van der Waals surface area contributed by atoms with Gasteiger partial charge in [0.25, 0.3) is 0 Å². The summed E-state index contributed by atoms with van der Waals surface area (Å²) in [5.74, 6) is 0.466. The Morgan fingerprint density at radius 3 is 2.79 bits per heavy atom. The van der Waals surface area contributed by atoms with Crippen LogP contribution in [-0.4, -0.2) is 18.2 Å². The van der Waals surface area contributed by atoms with Crippen molar-refractivity contribution < 1.29 is 9.53 Å². The van der Waals surface area contributed by atoms with Crippen molar-refractivity contribution in [1.29, 1.82) is 0 Å². The summed E-state index contributed by atoms with van der Waals surface area (Å²) >= 11 is 11.1. The van der Waals surface area contributed by atoms with E-state index in [1.54, 1.807) is 6.07 Å². The minimum absolute atomic E-state index is 0.0784. The number of rotatable bonds is 3. The van der Waals surface area contributed by atoms with Crippen LogP contribution in [0.4, 0.5) is 0 Å². The van der Waals surface area contributed by atoms with Crippen molar-refractivity contribution >= 4 is 55.9 Å². The monoisotopic (exact) mass is 388 g/mol. The molecule has 1 rings (SSSR count). The SMILES string of the molecule is COc1c(I)ccc(Cl)c1C(=O)CBr. The van der Waals surface area contributed by atoms with E-state index in [1.165, 1.54) is 7.11 Å². The maximum absolute atomic E-state index is 11.6. The Morgan fingerprint density at radius 1 is 1.64 bits per heavy atom. The number of hydrogen-bond donors (Lipinski definition) is 0. The second kappa shape index (κ2) is 5.32. The smallest absolute Gasteiger partial charge is 0.178 e. The summed E-state index contributed by atoms with van der Waals surface area (Å²) < 4.78 is 6.02. The lowest BCUT2D eigenvalue weighted by Gasteiger charge is -2.09. The normalized spacial score (nSPS) is 10.0. The van der Waals surface area contributed by atoms with E-state index in [9.17, 15) is 4.79 Å². The third-order valence-electron chi connectivity index (χ3n) is 1.66. The number of methoxy groups -OCH3 is 1. The number of Topliss-reactive ketones (excluding diaryl/α,β-unsaturated/α-hetero) is 1. The average Bonchev–Trinajstić information content (AvgIpc) is 2.19. The molecule has 1 aromatic rings. The predicted molar refractivity (Wildman–Crippen MR) is 68.8 cm³/mol. The van der Waals surface area contributed by atoms with Crippen LogP contribution < -0.4 is 4.74 Å². The predicted octanol–water partition coefficient (Wildman–Crippen LogP) is 3.53. The highest BCUT2D eigenvalue weighted by molar-refractivity contribution is 14.1. The maximum atomic E-state index is 11.6. The van der Waals surface area contributed by atoms with Crippen molar-refractivity contribution in [1.82, 2.24) is 0 Å². The van der Waals surface area contributed by atoms with Crippen LogP contribution in [0.1, 0.15) is 10.4 Å². The first-order chi connectivity index (χ1) is 6.61.